The van der Waals surface area contributed by atoms with Crippen LogP contribution in [-0.4, -0.2) is 41.8 Å². The Morgan fingerprint density at radius 3 is 2.59 bits per heavy atom. The number of aromatic hydroxyl groups is 2. The van der Waals surface area contributed by atoms with Crippen LogP contribution in [0.4, 0.5) is 0 Å². The Morgan fingerprint density at radius 1 is 1.26 bits per heavy atom. The fourth-order valence-electron chi connectivity index (χ4n) is 2.89. The number of rotatable bonds is 4. The molecular weight excluding hydrogens is 364 g/mol. The summed E-state index contributed by atoms with van der Waals surface area (Å²) >= 11 is 0. The number of benzene rings is 1. The highest BCUT2D eigenvalue weighted by Gasteiger charge is 2.40. The number of methoxy groups -OCH3 is 1. The van der Waals surface area contributed by atoms with Crippen LogP contribution >= 0.6 is 0 Å². The number of phenolic OH excluding ortho intramolecular Hbond substituents is 2. The van der Waals surface area contributed by atoms with E-state index in [1.165, 1.54) is 0 Å². The van der Waals surface area contributed by atoms with Gasteiger partial charge in [0.2, 0.25) is 11.9 Å². The zero-order valence-corrected chi connectivity index (χ0v) is 14.2. The lowest BCUT2D eigenvalue weighted by atomic mass is 9.91. The molecule has 1 aromatic heterocycles. The summed E-state index contributed by atoms with van der Waals surface area (Å²) in [6, 6.07) is 0.908. The average molecular weight is 378 g/mol. The fraction of sp³-hybridized carbons (Fsp3) is 0.294. The Labute approximate surface area is 150 Å². The SMILES string of the molecule is CCOC(=O)Cc1c2c3c(cc(O)c(O)c3oc1=O)C(=O)O[C@@H]2C(=O)OC. The van der Waals surface area contributed by atoms with E-state index in [1.54, 1.807) is 6.92 Å². The normalized spacial score (nSPS) is 15.3. The summed E-state index contributed by atoms with van der Waals surface area (Å²) in [5.41, 5.74) is -2.27. The third kappa shape index (κ3) is 2.84. The van der Waals surface area contributed by atoms with E-state index < -0.39 is 53.1 Å². The van der Waals surface area contributed by atoms with Gasteiger partial charge < -0.3 is 28.8 Å². The van der Waals surface area contributed by atoms with Crippen LogP contribution in [0.3, 0.4) is 0 Å². The van der Waals surface area contributed by atoms with Crippen molar-refractivity contribution >= 4 is 28.9 Å². The molecule has 2 N–H and O–H groups in total. The Balaban J connectivity index is 2.41. The van der Waals surface area contributed by atoms with Gasteiger partial charge in [-0.25, -0.2) is 14.4 Å². The van der Waals surface area contributed by atoms with Crippen molar-refractivity contribution in [3.8, 4) is 11.5 Å². The highest BCUT2D eigenvalue weighted by molar-refractivity contribution is 6.11. The zero-order chi connectivity index (χ0) is 19.9. The van der Waals surface area contributed by atoms with Gasteiger partial charge in [-0.05, 0) is 13.0 Å². The lowest BCUT2D eigenvalue weighted by molar-refractivity contribution is -0.151. The molecule has 2 heterocycles. The van der Waals surface area contributed by atoms with Crippen molar-refractivity contribution in [2.45, 2.75) is 19.4 Å². The van der Waals surface area contributed by atoms with Gasteiger partial charge in [-0.15, -0.1) is 0 Å². The first kappa shape index (κ1) is 18.2. The molecular formula is C17H14O10. The molecule has 0 radical (unpaired) electrons. The molecule has 0 amide bonds. The molecule has 0 saturated carbocycles. The summed E-state index contributed by atoms with van der Waals surface area (Å²) in [5.74, 6) is -4.30. The van der Waals surface area contributed by atoms with Gasteiger partial charge >= 0.3 is 23.5 Å². The molecule has 0 aliphatic carbocycles. The molecule has 10 nitrogen and oxygen atoms in total. The van der Waals surface area contributed by atoms with Gasteiger partial charge in [0.25, 0.3) is 0 Å². The molecule has 142 valence electrons. The Morgan fingerprint density at radius 2 is 1.96 bits per heavy atom. The van der Waals surface area contributed by atoms with Gasteiger partial charge in [0.05, 0.1) is 31.3 Å². The summed E-state index contributed by atoms with van der Waals surface area (Å²) < 4.78 is 19.5. The van der Waals surface area contributed by atoms with E-state index in [1.807, 2.05) is 0 Å². The molecule has 0 unspecified atom stereocenters. The second-order valence-corrected chi connectivity index (χ2v) is 5.57. The van der Waals surface area contributed by atoms with Crippen LogP contribution < -0.4 is 5.63 Å². The lowest BCUT2D eigenvalue weighted by Crippen LogP contribution is -2.30. The molecule has 1 aliphatic heterocycles. The van der Waals surface area contributed by atoms with E-state index in [0.29, 0.717) is 0 Å². The molecule has 0 spiro atoms. The molecule has 0 bridgehead atoms. The minimum atomic E-state index is -1.66. The zero-order valence-electron chi connectivity index (χ0n) is 14.2. The molecule has 27 heavy (non-hydrogen) atoms. The van der Waals surface area contributed by atoms with Crippen LogP contribution in [0.2, 0.25) is 0 Å². The number of phenols is 2. The Bertz CT molecular complexity index is 1030. The molecule has 2 aromatic rings. The van der Waals surface area contributed by atoms with E-state index in [4.69, 9.17) is 13.9 Å². The number of carbonyl (C=O) groups is 3. The van der Waals surface area contributed by atoms with E-state index in [0.717, 1.165) is 13.2 Å². The predicted octanol–water partition coefficient (Wildman–Crippen LogP) is 0.694. The Kier molecular flexibility index (Phi) is 4.48. The second kappa shape index (κ2) is 6.63. The van der Waals surface area contributed by atoms with Crippen molar-refractivity contribution in [2.24, 2.45) is 0 Å². The third-order valence-electron chi connectivity index (χ3n) is 4.02. The highest BCUT2D eigenvalue weighted by atomic mass is 16.6. The minimum Gasteiger partial charge on any atom is -0.504 e. The first-order chi connectivity index (χ1) is 12.8. The van der Waals surface area contributed by atoms with Crippen molar-refractivity contribution in [3.05, 3.63) is 33.2 Å². The lowest BCUT2D eigenvalue weighted by Gasteiger charge is -2.25. The molecule has 0 fully saturated rings. The van der Waals surface area contributed by atoms with Gasteiger partial charge in [0.1, 0.15) is 0 Å². The molecule has 1 aromatic carbocycles. The predicted molar refractivity (Wildman–Crippen MR) is 86.3 cm³/mol. The molecule has 0 saturated heterocycles. The summed E-state index contributed by atoms with van der Waals surface area (Å²) in [6.07, 6.45) is -2.22. The monoisotopic (exact) mass is 378 g/mol. The number of cyclic esters (lactones) is 1. The molecule has 10 heteroatoms. The number of carbonyl (C=O) groups excluding carboxylic acids is 3. The standard InChI is InChI=1S/C17H14O10/c1-3-25-9(19)5-7-11-10-6(15(21)27-14(11)17(23)24-2)4-8(18)12(20)13(10)26-16(7)22/h4,14,18,20H,3,5H2,1-2H3/t14-/m0/s1. The summed E-state index contributed by atoms with van der Waals surface area (Å²) in [6.45, 7) is 1.63. The summed E-state index contributed by atoms with van der Waals surface area (Å²) in [7, 11) is 1.05. The van der Waals surface area contributed by atoms with Crippen molar-refractivity contribution in [1.82, 2.24) is 0 Å². The maximum atomic E-state index is 12.4. The van der Waals surface area contributed by atoms with Crippen molar-refractivity contribution in [2.75, 3.05) is 13.7 Å². The van der Waals surface area contributed by atoms with Gasteiger partial charge in [0.15, 0.2) is 11.3 Å². The van der Waals surface area contributed by atoms with E-state index in [2.05, 4.69) is 4.74 Å². The van der Waals surface area contributed by atoms with Crippen LogP contribution in [0, 0.1) is 0 Å². The van der Waals surface area contributed by atoms with Gasteiger partial charge in [-0.1, -0.05) is 0 Å². The number of hydrogen-bond donors (Lipinski definition) is 2. The van der Waals surface area contributed by atoms with Crippen LogP contribution in [0.25, 0.3) is 11.0 Å². The topological polar surface area (TPSA) is 150 Å². The quantitative estimate of drug-likeness (QED) is 0.337. The van der Waals surface area contributed by atoms with Crippen molar-refractivity contribution < 1.29 is 43.2 Å². The largest absolute Gasteiger partial charge is 0.504 e. The minimum absolute atomic E-state index is 0.0579. The maximum Gasteiger partial charge on any atom is 0.352 e. The highest BCUT2D eigenvalue weighted by Crippen LogP contribution is 2.43. The van der Waals surface area contributed by atoms with Crippen molar-refractivity contribution in [3.63, 3.8) is 0 Å². The van der Waals surface area contributed by atoms with Gasteiger partial charge in [-0.3, -0.25) is 4.79 Å². The number of hydrogen-bond acceptors (Lipinski definition) is 10. The first-order valence-electron chi connectivity index (χ1n) is 7.79. The second-order valence-electron chi connectivity index (χ2n) is 5.57. The number of esters is 3. The van der Waals surface area contributed by atoms with Crippen LogP contribution in [-0.2, 0) is 30.2 Å². The summed E-state index contributed by atoms with van der Waals surface area (Å²) in [4.78, 5) is 48.7. The maximum absolute atomic E-state index is 12.4. The van der Waals surface area contributed by atoms with Crippen LogP contribution in [0.15, 0.2) is 15.3 Å². The first-order valence-corrected chi connectivity index (χ1v) is 7.79. The molecule has 1 atom stereocenters. The van der Waals surface area contributed by atoms with E-state index >= 15 is 0 Å². The molecule has 1 aliphatic rings. The third-order valence-corrected chi connectivity index (χ3v) is 4.02. The van der Waals surface area contributed by atoms with Crippen LogP contribution in [0.1, 0.15) is 34.5 Å². The van der Waals surface area contributed by atoms with E-state index in [9.17, 15) is 29.4 Å². The average Bonchev–Trinajstić information content (AvgIpc) is 2.63. The van der Waals surface area contributed by atoms with Crippen LogP contribution in [0.5, 0.6) is 11.5 Å². The van der Waals surface area contributed by atoms with Gasteiger partial charge in [-0.2, -0.15) is 0 Å². The summed E-state index contributed by atoms with van der Waals surface area (Å²) in [5, 5.41) is 19.7. The van der Waals surface area contributed by atoms with Gasteiger partial charge in [0, 0.05) is 10.9 Å². The molecule has 3 rings (SSSR count). The number of ether oxygens (including phenoxy) is 3. The van der Waals surface area contributed by atoms with E-state index in [-0.39, 0.29) is 28.7 Å². The fourth-order valence-corrected chi connectivity index (χ4v) is 2.89. The smallest absolute Gasteiger partial charge is 0.352 e. The van der Waals surface area contributed by atoms with Crippen molar-refractivity contribution in [1.29, 1.82) is 0 Å². The Hall–Kier alpha value is -3.56.